The minimum absolute atomic E-state index is 0.188. The van der Waals surface area contributed by atoms with Gasteiger partial charge in [-0.15, -0.1) is 0 Å². The van der Waals surface area contributed by atoms with E-state index in [9.17, 15) is 10.2 Å². The molecule has 0 saturated heterocycles. The molecule has 0 saturated carbocycles. The number of hydrogen-bond donors (Lipinski definition) is 3. The Morgan fingerprint density at radius 2 is 1.08 bits per heavy atom. The maximum Gasteiger partial charge on any atom is 0.115 e. The van der Waals surface area contributed by atoms with Gasteiger partial charge in [-0.2, -0.15) is 0 Å². The fourth-order valence-corrected chi connectivity index (χ4v) is 2.71. The van der Waals surface area contributed by atoms with Crippen LogP contribution < -0.4 is 5.73 Å². The first-order chi connectivity index (χ1) is 12.1. The molecule has 0 bridgehead atoms. The highest BCUT2D eigenvalue weighted by molar-refractivity contribution is 5.87. The molecule has 122 valence electrons. The van der Waals surface area contributed by atoms with Crippen molar-refractivity contribution in [3.63, 3.8) is 0 Å². The largest absolute Gasteiger partial charge is 0.508 e. The fraction of sp³-hybridized carbons (Fsp3) is 0. The Morgan fingerprint density at radius 1 is 0.600 bits per heavy atom. The molecule has 0 aliphatic rings. The topological polar surface area (TPSA) is 92.3 Å². The summed E-state index contributed by atoms with van der Waals surface area (Å²) >= 11 is 0. The summed E-state index contributed by atoms with van der Waals surface area (Å²) in [5.41, 5.74) is 11.0. The molecule has 0 unspecified atom stereocenters. The van der Waals surface area contributed by atoms with Crippen molar-refractivity contribution in [1.29, 1.82) is 0 Å². The van der Waals surface area contributed by atoms with Gasteiger partial charge in [-0.25, -0.2) is 9.97 Å². The highest BCUT2D eigenvalue weighted by atomic mass is 16.3. The van der Waals surface area contributed by atoms with Crippen molar-refractivity contribution >= 4 is 16.7 Å². The van der Waals surface area contributed by atoms with Crippen molar-refractivity contribution in [2.24, 2.45) is 0 Å². The number of hydrogen-bond acceptors (Lipinski definition) is 5. The summed E-state index contributed by atoms with van der Waals surface area (Å²) in [7, 11) is 0. The maximum atomic E-state index is 9.55. The highest BCUT2D eigenvalue weighted by Crippen LogP contribution is 2.32. The number of nitrogen functional groups attached to an aromatic ring is 1. The van der Waals surface area contributed by atoms with Gasteiger partial charge in [0.25, 0.3) is 0 Å². The Balaban J connectivity index is 2.01. The van der Waals surface area contributed by atoms with Crippen molar-refractivity contribution in [3.05, 3.63) is 66.7 Å². The number of fused-ring (bicyclic) bond motifs is 1. The number of nitrogens with two attached hydrogens (primary N) is 1. The molecular weight excluding hydrogens is 314 g/mol. The molecule has 0 amide bonds. The van der Waals surface area contributed by atoms with Crippen molar-refractivity contribution in [2.75, 3.05) is 5.73 Å². The lowest BCUT2D eigenvalue weighted by Gasteiger charge is -2.11. The van der Waals surface area contributed by atoms with Crippen molar-refractivity contribution in [3.8, 4) is 34.0 Å². The van der Waals surface area contributed by atoms with Crippen LogP contribution in [0.3, 0.4) is 0 Å². The third-order valence-electron chi connectivity index (χ3n) is 3.97. The molecule has 4 aromatic rings. The molecule has 0 atom stereocenters. The van der Waals surface area contributed by atoms with Gasteiger partial charge in [0.2, 0.25) is 0 Å². The Kier molecular flexibility index (Phi) is 3.47. The number of aromatic nitrogens is 2. The van der Waals surface area contributed by atoms with Crippen LogP contribution in [-0.2, 0) is 0 Å². The summed E-state index contributed by atoms with van der Waals surface area (Å²) in [6, 6.07) is 19.0. The predicted molar refractivity (Wildman–Crippen MR) is 98.2 cm³/mol. The summed E-state index contributed by atoms with van der Waals surface area (Å²) in [4.78, 5) is 9.50. The fourth-order valence-electron chi connectivity index (χ4n) is 2.71. The standard InChI is InChI=1S/C20H15N3O2/c21-14-5-10-17-18(11-14)23-20(13-3-8-16(25)9-4-13)19(22-17)12-1-6-15(24)7-2-12/h1-11,24-25H,21H2. The first kappa shape index (κ1) is 15.0. The number of benzene rings is 3. The van der Waals surface area contributed by atoms with E-state index < -0.39 is 0 Å². The molecule has 4 N–H and O–H groups in total. The zero-order valence-corrected chi connectivity index (χ0v) is 13.2. The summed E-state index contributed by atoms with van der Waals surface area (Å²) in [6.45, 7) is 0. The van der Waals surface area contributed by atoms with E-state index in [2.05, 4.69) is 0 Å². The van der Waals surface area contributed by atoms with Crippen LogP contribution in [-0.4, -0.2) is 20.2 Å². The van der Waals surface area contributed by atoms with E-state index in [-0.39, 0.29) is 11.5 Å². The molecule has 4 rings (SSSR count). The van der Waals surface area contributed by atoms with Crippen LogP contribution in [0.2, 0.25) is 0 Å². The first-order valence-electron chi connectivity index (χ1n) is 7.76. The number of aromatic hydroxyl groups is 2. The number of anilines is 1. The number of nitrogens with zero attached hydrogens (tertiary/aromatic N) is 2. The van der Waals surface area contributed by atoms with Crippen molar-refractivity contribution in [2.45, 2.75) is 0 Å². The highest BCUT2D eigenvalue weighted by Gasteiger charge is 2.13. The van der Waals surface area contributed by atoms with Gasteiger partial charge in [-0.1, -0.05) is 0 Å². The maximum absolute atomic E-state index is 9.55. The number of rotatable bonds is 2. The summed E-state index contributed by atoms with van der Waals surface area (Å²) in [6.07, 6.45) is 0. The van der Waals surface area contributed by atoms with Crippen LogP contribution in [0.1, 0.15) is 0 Å². The molecule has 0 aliphatic heterocycles. The average molecular weight is 329 g/mol. The lowest BCUT2D eigenvalue weighted by Crippen LogP contribution is -1.96. The molecule has 0 spiro atoms. The van der Waals surface area contributed by atoms with Gasteiger partial charge >= 0.3 is 0 Å². The van der Waals surface area contributed by atoms with Gasteiger partial charge < -0.3 is 15.9 Å². The molecule has 5 heteroatoms. The molecule has 0 radical (unpaired) electrons. The van der Waals surface area contributed by atoms with E-state index in [1.54, 1.807) is 60.7 Å². The summed E-state index contributed by atoms with van der Waals surface area (Å²) < 4.78 is 0. The molecule has 5 nitrogen and oxygen atoms in total. The van der Waals surface area contributed by atoms with Crippen molar-refractivity contribution in [1.82, 2.24) is 9.97 Å². The van der Waals surface area contributed by atoms with Gasteiger partial charge in [0.05, 0.1) is 22.4 Å². The quantitative estimate of drug-likeness (QED) is 0.484. The Hall–Kier alpha value is -3.60. The lowest BCUT2D eigenvalue weighted by atomic mass is 10.0. The van der Waals surface area contributed by atoms with Crippen LogP contribution in [0.15, 0.2) is 66.7 Å². The lowest BCUT2D eigenvalue weighted by molar-refractivity contribution is 0.475. The van der Waals surface area contributed by atoms with E-state index in [4.69, 9.17) is 15.7 Å². The van der Waals surface area contributed by atoms with Crippen LogP contribution in [0.25, 0.3) is 33.5 Å². The molecule has 3 aromatic carbocycles. The molecule has 1 heterocycles. The van der Waals surface area contributed by atoms with Gasteiger partial charge in [0.1, 0.15) is 11.5 Å². The first-order valence-corrected chi connectivity index (χ1v) is 7.76. The van der Waals surface area contributed by atoms with Gasteiger partial charge in [0, 0.05) is 16.8 Å². The van der Waals surface area contributed by atoms with Crippen LogP contribution in [0.5, 0.6) is 11.5 Å². The summed E-state index contributed by atoms with van der Waals surface area (Å²) in [5.74, 6) is 0.379. The Bertz CT molecular complexity index is 1060. The van der Waals surface area contributed by atoms with Crippen LogP contribution >= 0.6 is 0 Å². The third-order valence-corrected chi connectivity index (χ3v) is 3.97. The number of phenols is 2. The molecule has 25 heavy (non-hydrogen) atoms. The Morgan fingerprint density at radius 3 is 1.60 bits per heavy atom. The minimum atomic E-state index is 0.188. The SMILES string of the molecule is Nc1ccc2nc(-c3ccc(O)cc3)c(-c3ccc(O)cc3)nc2c1. The molecule has 1 aromatic heterocycles. The van der Waals surface area contributed by atoms with Crippen LogP contribution in [0, 0.1) is 0 Å². The third kappa shape index (κ3) is 2.83. The molecule has 0 aliphatic carbocycles. The van der Waals surface area contributed by atoms with E-state index in [0.29, 0.717) is 22.6 Å². The van der Waals surface area contributed by atoms with Crippen LogP contribution in [0.4, 0.5) is 5.69 Å². The van der Waals surface area contributed by atoms with Gasteiger partial charge in [0.15, 0.2) is 0 Å². The van der Waals surface area contributed by atoms with E-state index in [1.165, 1.54) is 0 Å². The van der Waals surface area contributed by atoms with Crippen molar-refractivity contribution < 1.29 is 10.2 Å². The molecule has 0 fully saturated rings. The van der Waals surface area contributed by atoms with Gasteiger partial charge in [-0.3, -0.25) is 0 Å². The van der Waals surface area contributed by atoms with E-state index in [1.807, 2.05) is 6.07 Å². The zero-order valence-electron chi connectivity index (χ0n) is 13.2. The normalized spacial score (nSPS) is 10.9. The smallest absolute Gasteiger partial charge is 0.115 e. The summed E-state index contributed by atoms with van der Waals surface area (Å²) in [5, 5.41) is 19.1. The van der Waals surface area contributed by atoms with Gasteiger partial charge in [-0.05, 0) is 66.7 Å². The minimum Gasteiger partial charge on any atom is -0.508 e. The monoisotopic (exact) mass is 329 g/mol. The zero-order chi connectivity index (χ0) is 17.4. The average Bonchev–Trinajstić information content (AvgIpc) is 2.62. The predicted octanol–water partition coefficient (Wildman–Crippen LogP) is 3.96. The molecular formula is C20H15N3O2. The van der Waals surface area contributed by atoms with E-state index in [0.717, 1.165) is 16.6 Å². The Labute approximate surface area is 144 Å². The van der Waals surface area contributed by atoms with E-state index >= 15 is 0 Å². The second-order valence-corrected chi connectivity index (χ2v) is 5.76. The number of phenolic OH excluding ortho intramolecular Hbond substituents is 2. The second-order valence-electron chi connectivity index (χ2n) is 5.76. The second kappa shape index (κ2) is 5.79.